The summed E-state index contributed by atoms with van der Waals surface area (Å²) < 4.78 is 11.0. The molecule has 0 spiro atoms. The molecule has 1 heterocycles. The summed E-state index contributed by atoms with van der Waals surface area (Å²) >= 11 is 0. The molecule has 1 atom stereocenters. The second-order valence-corrected chi connectivity index (χ2v) is 5.92. The fraction of sp³-hybridized carbons (Fsp3) is 0.250. The van der Waals surface area contributed by atoms with Crippen LogP contribution in [0.25, 0.3) is 11.0 Å². The van der Waals surface area contributed by atoms with Crippen molar-refractivity contribution >= 4 is 11.0 Å². The molecule has 0 bridgehead atoms. The molecule has 2 aromatic carbocycles. The number of aliphatic hydroxyl groups excluding tert-OH is 1. The molecule has 0 amide bonds. The molecule has 0 aliphatic carbocycles. The first-order chi connectivity index (χ1) is 12.1. The van der Waals surface area contributed by atoms with Gasteiger partial charge in [-0.2, -0.15) is 0 Å². The van der Waals surface area contributed by atoms with E-state index in [4.69, 9.17) is 9.15 Å². The maximum absolute atomic E-state index is 11.9. The minimum atomic E-state index is -0.686. The van der Waals surface area contributed by atoms with Crippen molar-refractivity contribution in [3.63, 3.8) is 0 Å². The summed E-state index contributed by atoms with van der Waals surface area (Å²) in [7, 11) is 0. The van der Waals surface area contributed by atoms with E-state index in [9.17, 15) is 9.90 Å². The second-order valence-electron chi connectivity index (χ2n) is 5.92. The van der Waals surface area contributed by atoms with Crippen LogP contribution in [0.1, 0.15) is 11.1 Å². The van der Waals surface area contributed by atoms with Crippen LogP contribution < -0.4 is 15.7 Å². The first kappa shape index (κ1) is 17.2. The fourth-order valence-corrected chi connectivity index (χ4v) is 2.62. The van der Waals surface area contributed by atoms with E-state index in [0.29, 0.717) is 30.0 Å². The van der Waals surface area contributed by atoms with Gasteiger partial charge in [0.2, 0.25) is 0 Å². The first-order valence-corrected chi connectivity index (χ1v) is 8.23. The number of aliphatic hydroxyl groups is 1. The summed E-state index contributed by atoms with van der Waals surface area (Å²) in [6.07, 6.45) is -0.686. The summed E-state index contributed by atoms with van der Waals surface area (Å²) in [5.74, 6) is 0.467. The van der Waals surface area contributed by atoms with Gasteiger partial charge in [0.25, 0.3) is 0 Å². The standard InChI is InChI=1S/C20H21NO4/c1-14-19(17-9-5-6-10-18(17)25-20(14)23)24-13-16(22)12-21-11-15-7-3-2-4-8-15/h2-10,16,21-22H,11-13H2,1H3. The number of fused-ring (bicyclic) bond motifs is 1. The van der Waals surface area contributed by atoms with Crippen molar-refractivity contribution in [3.8, 4) is 5.75 Å². The number of hydrogen-bond donors (Lipinski definition) is 2. The van der Waals surface area contributed by atoms with Crippen LogP contribution in [0.15, 0.2) is 63.8 Å². The third-order valence-corrected chi connectivity index (χ3v) is 3.95. The van der Waals surface area contributed by atoms with Gasteiger partial charge in [0.1, 0.15) is 24.0 Å². The average molecular weight is 339 g/mol. The highest BCUT2D eigenvalue weighted by atomic mass is 16.5. The largest absolute Gasteiger partial charge is 0.490 e. The van der Waals surface area contributed by atoms with Gasteiger partial charge in [0.15, 0.2) is 0 Å². The molecule has 1 unspecified atom stereocenters. The minimum absolute atomic E-state index is 0.0933. The van der Waals surface area contributed by atoms with Crippen LogP contribution in [0.5, 0.6) is 5.75 Å². The minimum Gasteiger partial charge on any atom is -0.490 e. The average Bonchev–Trinajstić information content (AvgIpc) is 2.63. The van der Waals surface area contributed by atoms with E-state index in [0.717, 1.165) is 10.9 Å². The number of nitrogens with one attached hydrogen (secondary N) is 1. The van der Waals surface area contributed by atoms with Gasteiger partial charge in [-0.1, -0.05) is 42.5 Å². The van der Waals surface area contributed by atoms with Crippen LogP contribution in [0.2, 0.25) is 0 Å². The van der Waals surface area contributed by atoms with Crippen molar-refractivity contribution in [2.24, 2.45) is 0 Å². The Hall–Kier alpha value is -2.63. The van der Waals surface area contributed by atoms with Crippen LogP contribution in [-0.4, -0.2) is 24.4 Å². The van der Waals surface area contributed by atoms with E-state index < -0.39 is 11.7 Å². The summed E-state index contributed by atoms with van der Waals surface area (Å²) in [4.78, 5) is 11.9. The van der Waals surface area contributed by atoms with Crippen LogP contribution in [0.3, 0.4) is 0 Å². The molecular formula is C20H21NO4. The highest BCUT2D eigenvalue weighted by Crippen LogP contribution is 2.26. The smallest absolute Gasteiger partial charge is 0.342 e. The zero-order valence-electron chi connectivity index (χ0n) is 14.1. The van der Waals surface area contributed by atoms with Gasteiger partial charge in [-0.3, -0.25) is 0 Å². The van der Waals surface area contributed by atoms with Gasteiger partial charge in [-0.15, -0.1) is 0 Å². The Balaban J connectivity index is 1.60. The third kappa shape index (κ3) is 4.26. The summed E-state index contributed by atoms with van der Waals surface area (Å²) in [6, 6.07) is 17.2. The highest BCUT2D eigenvalue weighted by molar-refractivity contribution is 5.84. The topological polar surface area (TPSA) is 71.7 Å². The van der Waals surface area contributed by atoms with Crippen LogP contribution >= 0.6 is 0 Å². The Morgan fingerprint density at radius 3 is 2.64 bits per heavy atom. The molecule has 2 N–H and O–H groups in total. The Kier molecular flexibility index (Phi) is 5.48. The molecular weight excluding hydrogens is 318 g/mol. The Morgan fingerprint density at radius 1 is 1.12 bits per heavy atom. The van der Waals surface area contributed by atoms with E-state index in [1.165, 1.54) is 0 Å². The predicted molar refractivity (Wildman–Crippen MR) is 96.9 cm³/mol. The lowest BCUT2D eigenvalue weighted by Crippen LogP contribution is -2.31. The van der Waals surface area contributed by atoms with Gasteiger partial charge >= 0.3 is 5.63 Å². The van der Waals surface area contributed by atoms with E-state index in [-0.39, 0.29) is 6.61 Å². The molecule has 5 nitrogen and oxygen atoms in total. The lowest BCUT2D eigenvalue weighted by molar-refractivity contribution is 0.106. The molecule has 130 valence electrons. The van der Waals surface area contributed by atoms with Gasteiger partial charge in [0.05, 0.1) is 10.9 Å². The maximum Gasteiger partial charge on any atom is 0.342 e. The first-order valence-electron chi connectivity index (χ1n) is 8.23. The number of ether oxygens (including phenoxy) is 1. The molecule has 1 aromatic heterocycles. The number of hydrogen-bond acceptors (Lipinski definition) is 5. The monoisotopic (exact) mass is 339 g/mol. The molecule has 0 aliphatic rings. The van der Waals surface area contributed by atoms with E-state index in [1.807, 2.05) is 42.5 Å². The van der Waals surface area contributed by atoms with E-state index >= 15 is 0 Å². The predicted octanol–water partition coefficient (Wildman–Crippen LogP) is 2.63. The summed E-state index contributed by atoms with van der Waals surface area (Å²) in [5, 5.41) is 14.0. The third-order valence-electron chi connectivity index (χ3n) is 3.95. The molecule has 0 aliphatic heterocycles. The van der Waals surface area contributed by atoms with Gasteiger partial charge in [0, 0.05) is 13.1 Å². The Labute approximate surface area is 145 Å². The van der Waals surface area contributed by atoms with E-state index in [1.54, 1.807) is 19.1 Å². The highest BCUT2D eigenvalue weighted by Gasteiger charge is 2.14. The second kappa shape index (κ2) is 7.96. The SMILES string of the molecule is Cc1c(OCC(O)CNCc2ccccc2)c2ccccc2oc1=O. The van der Waals surface area contributed by atoms with Crippen molar-refractivity contribution in [1.82, 2.24) is 5.32 Å². The van der Waals surface area contributed by atoms with Crippen LogP contribution in [-0.2, 0) is 6.54 Å². The molecule has 0 saturated carbocycles. The van der Waals surface area contributed by atoms with E-state index in [2.05, 4.69) is 5.32 Å². The van der Waals surface area contributed by atoms with Crippen molar-refractivity contribution in [2.45, 2.75) is 19.6 Å². The Morgan fingerprint density at radius 2 is 1.84 bits per heavy atom. The molecule has 3 rings (SSSR count). The molecule has 0 fully saturated rings. The summed E-state index contributed by atoms with van der Waals surface area (Å²) in [6.45, 7) is 2.83. The van der Waals surface area contributed by atoms with Crippen LogP contribution in [0, 0.1) is 6.92 Å². The van der Waals surface area contributed by atoms with Crippen molar-refractivity contribution < 1.29 is 14.3 Å². The van der Waals surface area contributed by atoms with Gasteiger partial charge in [-0.25, -0.2) is 4.79 Å². The lowest BCUT2D eigenvalue weighted by Gasteiger charge is -2.15. The zero-order valence-corrected chi connectivity index (χ0v) is 14.1. The number of rotatable bonds is 7. The van der Waals surface area contributed by atoms with Gasteiger partial charge in [-0.05, 0) is 24.6 Å². The molecule has 0 saturated heterocycles. The quantitative estimate of drug-likeness (QED) is 0.648. The Bertz CT molecular complexity index is 889. The fourth-order valence-electron chi connectivity index (χ4n) is 2.62. The lowest BCUT2D eigenvalue weighted by atomic mass is 10.1. The van der Waals surface area contributed by atoms with Crippen molar-refractivity contribution in [3.05, 3.63) is 76.1 Å². The number of para-hydroxylation sites is 1. The molecule has 3 aromatic rings. The maximum atomic E-state index is 11.9. The molecule has 0 radical (unpaired) electrons. The van der Waals surface area contributed by atoms with Crippen LogP contribution in [0.4, 0.5) is 0 Å². The summed E-state index contributed by atoms with van der Waals surface area (Å²) in [5.41, 5.74) is 1.61. The number of benzene rings is 2. The van der Waals surface area contributed by atoms with Gasteiger partial charge < -0.3 is 19.6 Å². The molecule has 5 heteroatoms. The van der Waals surface area contributed by atoms with Crippen molar-refractivity contribution in [2.75, 3.05) is 13.2 Å². The zero-order chi connectivity index (χ0) is 17.6. The van der Waals surface area contributed by atoms with Crippen molar-refractivity contribution in [1.29, 1.82) is 0 Å². The normalized spacial score (nSPS) is 12.2. The molecule has 25 heavy (non-hydrogen) atoms.